The van der Waals surface area contributed by atoms with Gasteiger partial charge in [-0.1, -0.05) is 12.1 Å². The van der Waals surface area contributed by atoms with Crippen LogP contribution in [-0.2, 0) is 27.0 Å². The van der Waals surface area contributed by atoms with Crippen LogP contribution in [0, 0.1) is 5.92 Å². The highest BCUT2D eigenvalue weighted by Crippen LogP contribution is 2.29. The number of amides is 1. The lowest BCUT2D eigenvalue weighted by Crippen LogP contribution is -2.37. The Kier molecular flexibility index (Phi) is 5.82. The van der Waals surface area contributed by atoms with Gasteiger partial charge < -0.3 is 14.7 Å². The zero-order valence-corrected chi connectivity index (χ0v) is 12.9. The van der Waals surface area contributed by atoms with E-state index in [9.17, 15) is 22.8 Å². The van der Waals surface area contributed by atoms with Gasteiger partial charge in [-0.15, -0.1) is 0 Å². The van der Waals surface area contributed by atoms with Crippen LogP contribution in [0.15, 0.2) is 24.3 Å². The van der Waals surface area contributed by atoms with Gasteiger partial charge in [-0.05, 0) is 36.5 Å². The van der Waals surface area contributed by atoms with Crippen molar-refractivity contribution in [1.82, 2.24) is 4.90 Å². The van der Waals surface area contributed by atoms with E-state index in [2.05, 4.69) is 0 Å². The third kappa shape index (κ3) is 5.84. The Balaban J connectivity index is 1.96. The summed E-state index contributed by atoms with van der Waals surface area (Å²) >= 11 is 0. The summed E-state index contributed by atoms with van der Waals surface area (Å²) in [5.74, 6) is -1.23. The summed E-state index contributed by atoms with van der Waals surface area (Å²) in [5, 5.41) is 8.90. The van der Waals surface area contributed by atoms with Crippen LogP contribution in [0.3, 0.4) is 0 Å². The van der Waals surface area contributed by atoms with E-state index in [4.69, 9.17) is 9.84 Å². The average Bonchev–Trinajstić information content (AvgIpc) is 3.30. The summed E-state index contributed by atoms with van der Waals surface area (Å²) in [6.45, 7) is -0.389. The number of carbonyl (C=O) groups excluding carboxylic acids is 1. The van der Waals surface area contributed by atoms with Gasteiger partial charge in [-0.2, -0.15) is 13.2 Å². The fourth-order valence-electron chi connectivity index (χ4n) is 2.10. The maximum Gasteiger partial charge on any atom is 0.416 e. The molecule has 0 unspecified atom stereocenters. The smallest absolute Gasteiger partial charge is 0.416 e. The first-order valence-electron chi connectivity index (χ1n) is 7.49. The highest BCUT2D eigenvalue weighted by molar-refractivity contribution is 5.82. The van der Waals surface area contributed by atoms with Crippen molar-refractivity contribution < 1.29 is 32.6 Å². The van der Waals surface area contributed by atoms with Crippen LogP contribution in [0.5, 0.6) is 0 Å². The van der Waals surface area contributed by atoms with Crippen LogP contribution < -0.4 is 0 Å². The Bertz CT molecular complexity index is 582. The molecule has 0 bridgehead atoms. The Labute approximate surface area is 137 Å². The summed E-state index contributed by atoms with van der Waals surface area (Å²) in [6.07, 6.45) is -2.30. The second kappa shape index (κ2) is 7.65. The maximum atomic E-state index is 12.5. The van der Waals surface area contributed by atoms with E-state index in [1.54, 1.807) is 0 Å². The Morgan fingerprint density at radius 3 is 2.33 bits per heavy atom. The van der Waals surface area contributed by atoms with Gasteiger partial charge >= 0.3 is 12.1 Å². The Morgan fingerprint density at radius 2 is 1.83 bits per heavy atom. The number of nitrogens with zero attached hydrogens (tertiary/aromatic N) is 1. The van der Waals surface area contributed by atoms with Gasteiger partial charge in [0.1, 0.15) is 13.2 Å². The lowest BCUT2D eigenvalue weighted by Gasteiger charge is -2.21. The van der Waals surface area contributed by atoms with Crippen LogP contribution in [0.1, 0.15) is 24.0 Å². The summed E-state index contributed by atoms with van der Waals surface area (Å²) in [6, 6.07) is 4.27. The molecule has 132 valence electrons. The minimum Gasteiger partial charge on any atom is -0.480 e. The largest absolute Gasteiger partial charge is 0.480 e. The Hall–Kier alpha value is -2.09. The molecule has 2 rings (SSSR count). The van der Waals surface area contributed by atoms with Crippen molar-refractivity contribution >= 4 is 11.9 Å². The first kappa shape index (κ1) is 18.3. The van der Waals surface area contributed by atoms with Gasteiger partial charge in [-0.3, -0.25) is 9.59 Å². The highest BCUT2D eigenvalue weighted by Gasteiger charge is 2.30. The summed E-state index contributed by atoms with van der Waals surface area (Å²) in [4.78, 5) is 24.0. The second-order valence-electron chi connectivity index (χ2n) is 5.80. The van der Waals surface area contributed by atoms with Crippen molar-refractivity contribution in [3.05, 3.63) is 35.4 Å². The molecular formula is C16H18F3NO4. The lowest BCUT2D eigenvalue weighted by atomic mass is 10.1. The standard InChI is InChI=1S/C16H18F3NO4/c17-16(18,19)13-5-3-11(4-6-13)7-20(8-15(22)23)14(21)10-24-9-12-1-2-12/h3-6,12H,1-2,7-10H2,(H,22,23). The van der Waals surface area contributed by atoms with Crippen LogP contribution in [-0.4, -0.2) is 41.6 Å². The third-order valence-electron chi connectivity index (χ3n) is 3.61. The number of hydrogen-bond acceptors (Lipinski definition) is 3. The molecule has 0 atom stereocenters. The molecule has 0 heterocycles. The van der Waals surface area contributed by atoms with Gasteiger partial charge in [0.05, 0.1) is 12.2 Å². The third-order valence-corrected chi connectivity index (χ3v) is 3.61. The molecule has 24 heavy (non-hydrogen) atoms. The summed E-state index contributed by atoms with van der Waals surface area (Å²) < 4.78 is 42.9. The minimum atomic E-state index is -4.44. The first-order chi connectivity index (χ1) is 11.3. The van der Waals surface area contributed by atoms with E-state index < -0.39 is 30.2 Å². The predicted molar refractivity (Wildman–Crippen MR) is 78.0 cm³/mol. The van der Waals surface area contributed by atoms with Crippen LogP contribution >= 0.6 is 0 Å². The van der Waals surface area contributed by atoms with E-state index in [-0.39, 0.29) is 13.2 Å². The number of carboxylic acids is 1. The molecule has 1 aromatic carbocycles. The first-order valence-corrected chi connectivity index (χ1v) is 7.49. The molecule has 0 radical (unpaired) electrons. The predicted octanol–water partition coefficient (Wildman–Crippen LogP) is 2.55. The molecule has 5 nitrogen and oxygen atoms in total. The molecule has 1 aliphatic carbocycles. The van der Waals surface area contributed by atoms with E-state index in [0.29, 0.717) is 18.1 Å². The molecule has 1 N–H and O–H groups in total. The van der Waals surface area contributed by atoms with Crippen LogP contribution in [0.25, 0.3) is 0 Å². The molecule has 0 saturated heterocycles. The minimum absolute atomic E-state index is 0.0872. The van der Waals surface area contributed by atoms with Crippen molar-refractivity contribution in [3.63, 3.8) is 0 Å². The molecule has 1 saturated carbocycles. The van der Waals surface area contributed by atoms with Gasteiger partial charge in [0.25, 0.3) is 0 Å². The van der Waals surface area contributed by atoms with E-state index in [0.717, 1.165) is 29.9 Å². The molecule has 8 heteroatoms. The van der Waals surface area contributed by atoms with Gasteiger partial charge in [0.2, 0.25) is 5.91 Å². The lowest BCUT2D eigenvalue weighted by molar-refractivity contribution is -0.147. The number of carboxylic acid groups (broad SMARTS) is 1. The van der Waals surface area contributed by atoms with Crippen molar-refractivity contribution in [2.75, 3.05) is 19.8 Å². The van der Waals surface area contributed by atoms with Crippen molar-refractivity contribution in [2.24, 2.45) is 5.92 Å². The summed E-state index contributed by atoms with van der Waals surface area (Å²) in [7, 11) is 0. The van der Waals surface area contributed by atoms with Gasteiger partial charge in [0, 0.05) is 6.54 Å². The van der Waals surface area contributed by atoms with Gasteiger partial charge in [0.15, 0.2) is 0 Å². The fourth-order valence-corrected chi connectivity index (χ4v) is 2.10. The van der Waals surface area contributed by atoms with Crippen molar-refractivity contribution in [3.8, 4) is 0 Å². The number of rotatable bonds is 8. The molecule has 1 aromatic rings. The number of ether oxygens (including phenoxy) is 1. The van der Waals surface area contributed by atoms with Crippen LogP contribution in [0.2, 0.25) is 0 Å². The second-order valence-corrected chi connectivity index (χ2v) is 5.80. The number of halogens is 3. The Morgan fingerprint density at radius 1 is 1.21 bits per heavy atom. The average molecular weight is 345 g/mol. The zero-order chi connectivity index (χ0) is 17.7. The van der Waals surface area contributed by atoms with Crippen molar-refractivity contribution in [2.45, 2.75) is 25.6 Å². The summed E-state index contributed by atoms with van der Waals surface area (Å²) in [5.41, 5.74) is -0.380. The molecular weight excluding hydrogens is 327 g/mol. The SMILES string of the molecule is O=C(O)CN(Cc1ccc(C(F)(F)F)cc1)C(=O)COCC1CC1. The van der Waals surface area contributed by atoms with E-state index >= 15 is 0 Å². The number of alkyl halides is 3. The van der Waals surface area contributed by atoms with Gasteiger partial charge in [-0.25, -0.2) is 0 Å². The zero-order valence-electron chi connectivity index (χ0n) is 12.9. The fraction of sp³-hybridized carbons (Fsp3) is 0.500. The molecule has 1 fully saturated rings. The monoisotopic (exact) mass is 345 g/mol. The molecule has 1 amide bonds. The van der Waals surface area contributed by atoms with E-state index in [1.165, 1.54) is 12.1 Å². The van der Waals surface area contributed by atoms with Crippen molar-refractivity contribution in [1.29, 1.82) is 0 Å². The maximum absolute atomic E-state index is 12.5. The number of benzene rings is 1. The molecule has 1 aliphatic rings. The highest BCUT2D eigenvalue weighted by atomic mass is 19.4. The quantitative estimate of drug-likeness (QED) is 0.786. The van der Waals surface area contributed by atoms with E-state index in [1.807, 2.05) is 0 Å². The molecule has 0 spiro atoms. The van der Waals surface area contributed by atoms with Crippen LogP contribution in [0.4, 0.5) is 13.2 Å². The topological polar surface area (TPSA) is 66.8 Å². The number of aliphatic carboxylic acids is 1. The number of carbonyl (C=O) groups is 2. The number of hydrogen-bond donors (Lipinski definition) is 1. The molecule has 0 aliphatic heterocycles. The molecule has 0 aromatic heterocycles. The normalized spacial score (nSPS) is 14.5.